The highest BCUT2D eigenvalue weighted by Gasteiger charge is 2.07. The maximum Gasteiger partial charge on any atom is 0.100 e. The predicted octanol–water partition coefficient (Wildman–Crippen LogP) is 4.22. The third kappa shape index (κ3) is 11.2. The highest BCUT2D eigenvalue weighted by molar-refractivity contribution is 4.95. The number of aliphatic hydroxyl groups is 2. The molecular formula is C19H36O3. The van der Waals surface area contributed by atoms with Crippen molar-refractivity contribution in [3.05, 3.63) is 12.2 Å². The fraction of sp³-hybridized carbons (Fsp3) is 0.895. The molecular weight excluding hydrogens is 276 g/mol. The normalized spacial score (nSPS) is 18.9. The summed E-state index contributed by atoms with van der Waals surface area (Å²) >= 11 is 0. The summed E-state index contributed by atoms with van der Waals surface area (Å²) in [6.07, 6.45) is 20.0. The van der Waals surface area contributed by atoms with Gasteiger partial charge in [-0.1, -0.05) is 63.5 Å². The van der Waals surface area contributed by atoms with Crippen LogP contribution < -0.4 is 0 Å². The molecule has 0 saturated heterocycles. The SMILES string of the molecule is OC[C@@H](O)COCCCCCCCCCCC[C@@H]1C=CCC1. The van der Waals surface area contributed by atoms with Crippen molar-refractivity contribution in [3.63, 3.8) is 0 Å². The molecule has 0 saturated carbocycles. The van der Waals surface area contributed by atoms with E-state index in [0.29, 0.717) is 6.61 Å². The molecule has 0 spiro atoms. The van der Waals surface area contributed by atoms with Gasteiger partial charge in [-0.3, -0.25) is 0 Å². The Kier molecular flexibility index (Phi) is 12.7. The van der Waals surface area contributed by atoms with E-state index in [1.807, 2.05) is 0 Å². The zero-order chi connectivity index (χ0) is 15.9. The molecule has 0 bridgehead atoms. The van der Waals surface area contributed by atoms with Crippen LogP contribution in [0.1, 0.15) is 77.0 Å². The number of aliphatic hydroxyl groups excluding tert-OH is 2. The molecule has 2 N–H and O–H groups in total. The Morgan fingerprint density at radius 2 is 1.59 bits per heavy atom. The molecule has 0 aromatic carbocycles. The van der Waals surface area contributed by atoms with Crippen molar-refractivity contribution in [1.29, 1.82) is 0 Å². The lowest BCUT2D eigenvalue weighted by atomic mass is 9.99. The van der Waals surface area contributed by atoms with E-state index in [2.05, 4.69) is 12.2 Å². The molecule has 3 heteroatoms. The van der Waals surface area contributed by atoms with Crippen LogP contribution >= 0.6 is 0 Å². The Labute approximate surface area is 136 Å². The van der Waals surface area contributed by atoms with Gasteiger partial charge in [0.15, 0.2) is 0 Å². The third-order valence-electron chi connectivity index (χ3n) is 4.50. The first-order chi connectivity index (χ1) is 10.8. The highest BCUT2D eigenvalue weighted by atomic mass is 16.5. The first kappa shape index (κ1) is 19.7. The molecule has 2 atom stereocenters. The Morgan fingerprint density at radius 1 is 0.955 bits per heavy atom. The first-order valence-corrected chi connectivity index (χ1v) is 9.36. The van der Waals surface area contributed by atoms with Crippen molar-refractivity contribution < 1.29 is 14.9 Å². The summed E-state index contributed by atoms with van der Waals surface area (Å²) < 4.78 is 5.29. The van der Waals surface area contributed by atoms with E-state index in [-0.39, 0.29) is 13.2 Å². The van der Waals surface area contributed by atoms with Gasteiger partial charge in [-0.2, -0.15) is 0 Å². The second-order valence-corrected chi connectivity index (χ2v) is 6.65. The summed E-state index contributed by atoms with van der Waals surface area (Å²) in [6, 6.07) is 0. The molecule has 0 radical (unpaired) electrons. The Hall–Kier alpha value is -0.380. The van der Waals surface area contributed by atoms with Crippen molar-refractivity contribution in [2.24, 2.45) is 5.92 Å². The monoisotopic (exact) mass is 312 g/mol. The number of allylic oxidation sites excluding steroid dienone is 2. The first-order valence-electron chi connectivity index (χ1n) is 9.36. The van der Waals surface area contributed by atoms with Crippen molar-refractivity contribution in [3.8, 4) is 0 Å². The molecule has 130 valence electrons. The van der Waals surface area contributed by atoms with E-state index >= 15 is 0 Å². The topological polar surface area (TPSA) is 49.7 Å². The average Bonchev–Trinajstić information content (AvgIpc) is 3.04. The molecule has 0 heterocycles. The van der Waals surface area contributed by atoms with Crippen LogP contribution in [0.25, 0.3) is 0 Å². The lowest BCUT2D eigenvalue weighted by Gasteiger charge is -2.08. The molecule has 0 aromatic rings. The largest absolute Gasteiger partial charge is 0.394 e. The predicted molar refractivity (Wildman–Crippen MR) is 91.9 cm³/mol. The summed E-state index contributed by atoms with van der Waals surface area (Å²) in [7, 11) is 0. The van der Waals surface area contributed by atoms with Crippen molar-refractivity contribution in [2.75, 3.05) is 19.8 Å². The third-order valence-corrected chi connectivity index (χ3v) is 4.50. The van der Waals surface area contributed by atoms with Crippen LogP contribution in [-0.4, -0.2) is 36.1 Å². The lowest BCUT2D eigenvalue weighted by molar-refractivity contribution is 0.00526. The van der Waals surface area contributed by atoms with Crippen LogP contribution in [0.5, 0.6) is 0 Å². The molecule has 0 amide bonds. The van der Waals surface area contributed by atoms with Crippen LogP contribution in [0, 0.1) is 5.92 Å². The minimum absolute atomic E-state index is 0.211. The molecule has 3 nitrogen and oxygen atoms in total. The Balaban J connectivity index is 1.68. The highest BCUT2D eigenvalue weighted by Crippen LogP contribution is 2.23. The van der Waals surface area contributed by atoms with E-state index in [9.17, 15) is 0 Å². The quantitative estimate of drug-likeness (QED) is 0.351. The fourth-order valence-electron chi connectivity index (χ4n) is 3.06. The molecule has 0 aliphatic heterocycles. The van der Waals surface area contributed by atoms with Gasteiger partial charge in [0.1, 0.15) is 6.10 Å². The number of rotatable bonds is 15. The summed E-state index contributed by atoms with van der Waals surface area (Å²) in [6.45, 7) is 0.747. The Morgan fingerprint density at radius 3 is 2.18 bits per heavy atom. The van der Waals surface area contributed by atoms with Crippen LogP contribution in [0.4, 0.5) is 0 Å². The second kappa shape index (κ2) is 14.2. The van der Waals surface area contributed by atoms with Crippen molar-refractivity contribution in [2.45, 2.75) is 83.2 Å². The van der Waals surface area contributed by atoms with Crippen molar-refractivity contribution >= 4 is 0 Å². The second-order valence-electron chi connectivity index (χ2n) is 6.65. The molecule has 0 aromatic heterocycles. The van der Waals surface area contributed by atoms with Crippen molar-refractivity contribution in [1.82, 2.24) is 0 Å². The molecule has 0 unspecified atom stereocenters. The van der Waals surface area contributed by atoms with Gasteiger partial charge in [-0.15, -0.1) is 0 Å². The van der Waals surface area contributed by atoms with Gasteiger partial charge in [0.2, 0.25) is 0 Å². The van der Waals surface area contributed by atoms with Gasteiger partial charge in [-0.05, 0) is 31.6 Å². The van der Waals surface area contributed by atoms with Gasteiger partial charge < -0.3 is 14.9 Å². The zero-order valence-electron chi connectivity index (χ0n) is 14.2. The average molecular weight is 312 g/mol. The molecule has 22 heavy (non-hydrogen) atoms. The summed E-state index contributed by atoms with van der Waals surface area (Å²) in [5.41, 5.74) is 0. The lowest BCUT2D eigenvalue weighted by Crippen LogP contribution is -2.19. The minimum Gasteiger partial charge on any atom is -0.394 e. The maximum absolute atomic E-state index is 9.10. The van der Waals surface area contributed by atoms with E-state index in [1.54, 1.807) is 0 Å². The van der Waals surface area contributed by atoms with E-state index in [1.165, 1.54) is 70.6 Å². The van der Waals surface area contributed by atoms with Crippen LogP contribution in [0.15, 0.2) is 12.2 Å². The standard InChI is InChI=1S/C19H36O3/c20-16-19(21)17-22-15-11-7-5-3-1-2-4-6-8-12-18-13-9-10-14-18/h9,13,18-21H,1-8,10-12,14-17H2/t18-,19-/m1/s1. The van der Waals surface area contributed by atoms with E-state index in [4.69, 9.17) is 14.9 Å². The molecule has 0 fully saturated rings. The van der Waals surface area contributed by atoms with Gasteiger partial charge >= 0.3 is 0 Å². The van der Waals surface area contributed by atoms with Crippen LogP contribution in [0.3, 0.4) is 0 Å². The van der Waals surface area contributed by atoms with Gasteiger partial charge in [-0.25, -0.2) is 0 Å². The number of hydrogen-bond donors (Lipinski definition) is 2. The van der Waals surface area contributed by atoms with Crippen LogP contribution in [-0.2, 0) is 4.74 Å². The summed E-state index contributed by atoms with van der Waals surface area (Å²) in [5.74, 6) is 0.890. The summed E-state index contributed by atoms with van der Waals surface area (Å²) in [5, 5.41) is 17.7. The van der Waals surface area contributed by atoms with Gasteiger partial charge in [0.05, 0.1) is 13.2 Å². The zero-order valence-corrected chi connectivity index (χ0v) is 14.2. The molecule has 1 aliphatic carbocycles. The summed E-state index contributed by atoms with van der Waals surface area (Å²) in [4.78, 5) is 0. The smallest absolute Gasteiger partial charge is 0.100 e. The van der Waals surface area contributed by atoms with Gasteiger partial charge in [0, 0.05) is 6.61 Å². The molecule has 1 aliphatic rings. The number of unbranched alkanes of at least 4 members (excludes halogenated alkanes) is 8. The van der Waals surface area contributed by atoms with E-state index in [0.717, 1.165) is 12.3 Å². The maximum atomic E-state index is 9.10. The fourth-order valence-corrected chi connectivity index (χ4v) is 3.06. The van der Waals surface area contributed by atoms with Gasteiger partial charge in [0.25, 0.3) is 0 Å². The van der Waals surface area contributed by atoms with E-state index < -0.39 is 6.10 Å². The minimum atomic E-state index is -0.718. The number of ether oxygens (including phenoxy) is 1. The molecule has 1 rings (SSSR count). The Bertz CT molecular complexity index is 265. The van der Waals surface area contributed by atoms with Crippen LogP contribution in [0.2, 0.25) is 0 Å². The number of hydrogen-bond acceptors (Lipinski definition) is 3.